The van der Waals surface area contributed by atoms with Crippen molar-refractivity contribution in [2.75, 3.05) is 35.8 Å². The number of anilines is 3. The Morgan fingerprint density at radius 3 is 2.50 bits per heavy atom. The van der Waals surface area contributed by atoms with E-state index in [1.54, 1.807) is 51.2 Å². The molecule has 2 heterocycles. The van der Waals surface area contributed by atoms with Crippen LogP contribution in [0, 0.1) is 5.41 Å². The number of benzodiazepines with no additional fused rings is 1. The van der Waals surface area contributed by atoms with Crippen molar-refractivity contribution in [1.29, 1.82) is 0 Å². The summed E-state index contributed by atoms with van der Waals surface area (Å²) in [6.45, 7) is 5.23. The summed E-state index contributed by atoms with van der Waals surface area (Å²) < 4.78 is 0. The Labute approximate surface area is 221 Å². The van der Waals surface area contributed by atoms with Gasteiger partial charge in [-0.05, 0) is 24.3 Å². The average Bonchev–Trinajstić information content (AvgIpc) is 2.99. The van der Waals surface area contributed by atoms with Crippen molar-refractivity contribution >= 4 is 40.5 Å². The Morgan fingerprint density at radius 1 is 1.05 bits per heavy atom. The number of rotatable bonds is 6. The normalized spacial score (nSPS) is 15.2. The minimum atomic E-state index is -1.32. The van der Waals surface area contributed by atoms with Crippen LogP contribution < -0.4 is 20.4 Å². The quantitative estimate of drug-likeness (QED) is 0.521. The first-order valence-corrected chi connectivity index (χ1v) is 12.2. The molecule has 0 unspecified atom stereocenters. The first-order valence-electron chi connectivity index (χ1n) is 12.2. The number of urea groups is 1. The molecule has 1 aromatic heterocycles. The van der Waals surface area contributed by atoms with Crippen molar-refractivity contribution in [3.05, 3.63) is 78.4 Å². The number of para-hydroxylation sites is 1. The molecule has 38 heavy (non-hydrogen) atoms. The topological polar surface area (TPSA) is 120 Å². The molecule has 196 valence electrons. The third kappa shape index (κ3) is 5.86. The Balaban J connectivity index is 1.73. The number of nitrogens with one attached hydrogen (secondary N) is 2. The lowest BCUT2D eigenvalue weighted by Crippen LogP contribution is -2.50. The van der Waals surface area contributed by atoms with Gasteiger partial charge in [-0.25, -0.2) is 9.79 Å². The Morgan fingerprint density at radius 2 is 1.82 bits per heavy atom. The summed E-state index contributed by atoms with van der Waals surface area (Å²) in [6.07, 6.45) is 3.29. The predicted octanol–water partition coefficient (Wildman–Crippen LogP) is 3.49. The zero-order valence-electron chi connectivity index (χ0n) is 22.1. The summed E-state index contributed by atoms with van der Waals surface area (Å²) in [7, 11) is 3.80. The summed E-state index contributed by atoms with van der Waals surface area (Å²) >= 11 is 0. The fourth-order valence-corrected chi connectivity index (χ4v) is 3.85. The van der Waals surface area contributed by atoms with Crippen molar-refractivity contribution in [1.82, 2.24) is 15.3 Å². The molecule has 2 N–H and O–H groups in total. The number of carbonyl (C=O) groups excluding carboxylic acids is 3. The zero-order valence-corrected chi connectivity index (χ0v) is 22.1. The van der Waals surface area contributed by atoms with Crippen LogP contribution in [0.2, 0.25) is 0 Å². The smallest absolute Gasteiger partial charge is 0.321 e. The number of nitrogens with zero attached hydrogens (tertiary/aromatic N) is 5. The second kappa shape index (κ2) is 10.8. The van der Waals surface area contributed by atoms with Gasteiger partial charge in [0.15, 0.2) is 5.78 Å². The Hall–Kier alpha value is -4.60. The molecule has 1 atom stereocenters. The van der Waals surface area contributed by atoms with E-state index in [-0.39, 0.29) is 12.3 Å². The zero-order chi connectivity index (χ0) is 27.4. The van der Waals surface area contributed by atoms with E-state index in [2.05, 4.69) is 25.6 Å². The van der Waals surface area contributed by atoms with Gasteiger partial charge in [0.05, 0.1) is 24.1 Å². The molecular formula is C28H31N7O3. The molecule has 0 bridgehead atoms. The van der Waals surface area contributed by atoms with Gasteiger partial charge in [0.2, 0.25) is 6.17 Å². The van der Waals surface area contributed by atoms with E-state index in [4.69, 9.17) is 0 Å². The number of ketones is 1. The van der Waals surface area contributed by atoms with Crippen molar-refractivity contribution in [3.63, 3.8) is 0 Å². The van der Waals surface area contributed by atoms with E-state index in [9.17, 15) is 14.4 Å². The van der Waals surface area contributed by atoms with Gasteiger partial charge < -0.3 is 20.4 Å². The molecule has 1 aliphatic heterocycles. The van der Waals surface area contributed by atoms with Crippen LogP contribution in [0.4, 0.5) is 21.9 Å². The van der Waals surface area contributed by atoms with E-state index in [1.807, 2.05) is 43.3 Å². The van der Waals surface area contributed by atoms with Crippen molar-refractivity contribution in [2.24, 2.45) is 10.4 Å². The second-order valence-corrected chi connectivity index (χ2v) is 10.1. The van der Waals surface area contributed by atoms with Crippen molar-refractivity contribution in [2.45, 2.75) is 26.9 Å². The molecule has 3 aromatic rings. The number of aromatic nitrogens is 2. The van der Waals surface area contributed by atoms with Crippen molar-refractivity contribution < 1.29 is 14.4 Å². The molecule has 0 spiro atoms. The maximum Gasteiger partial charge on any atom is 0.321 e. The largest absolute Gasteiger partial charge is 0.378 e. The van der Waals surface area contributed by atoms with Crippen LogP contribution in [0.1, 0.15) is 32.0 Å². The van der Waals surface area contributed by atoms with Crippen LogP contribution >= 0.6 is 0 Å². The number of hydrogen-bond acceptors (Lipinski definition) is 7. The van der Waals surface area contributed by atoms with Gasteiger partial charge in [0.1, 0.15) is 5.69 Å². The summed E-state index contributed by atoms with van der Waals surface area (Å²) in [4.78, 5) is 56.4. The van der Waals surface area contributed by atoms with Gasteiger partial charge in [0, 0.05) is 48.8 Å². The summed E-state index contributed by atoms with van der Waals surface area (Å²) in [6, 6.07) is 13.8. The average molecular weight is 514 g/mol. The summed E-state index contributed by atoms with van der Waals surface area (Å²) in [5.74, 6) is -0.668. The van der Waals surface area contributed by atoms with Gasteiger partial charge >= 0.3 is 6.03 Å². The minimum Gasteiger partial charge on any atom is -0.378 e. The van der Waals surface area contributed by atoms with E-state index in [0.717, 1.165) is 5.69 Å². The van der Waals surface area contributed by atoms with Crippen LogP contribution in [-0.2, 0) is 9.59 Å². The second-order valence-electron chi connectivity index (χ2n) is 10.1. The molecule has 10 nitrogen and oxygen atoms in total. The highest BCUT2D eigenvalue weighted by Crippen LogP contribution is 2.29. The molecule has 2 aromatic carbocycles. The summed E-state index contributed by atoms with van der Waals surface area (Å²) in [5.41, 5.74) is 2.70. The monoisotopic (exact) mass is 513 g/mol. The SMILES string of the molecule is CN(C)c1cccc(NC(=O)N[C@@H]2N=C(c3cnccn3)c3ccccc3N(CC(=O)C(C)(C)C)C2=O)c1. The van der Waals surface area contributed by atoms with Gasteiger partial charge in [-0.2, -0.15) is 0 Å². The maximum atomic E-state index is 13.9. The van der Waals surface area contributed by atoms with Crippen LogP contribution in [0.5, 0.6) is 0 Å². The number of fused-ring (bicyclic) bond motifs is 1. The lowest BCUT2D eigenvalue weighted by atomic mass is 9.90. The summed E-state index contributed by atoms with van der Waals surface area (Å²) in [5, 5.41) is 5.45. The third-order valence-electron chi connectivity index (χ3n) is 6.04. The van der Waals surface area contributed by atoms with Crippen LogP contribution in [0.3, 0.4) is 0 Å². The molecule has 0 fully saturated rings. The van der Waals surface area contributed by atoms with Gasteiger partial charge in [-0.3, -0.25) is 19.6 Å². The van der Waals surface area contributed by atoms with E-state index in [1.165, 1.54) is 17.3 Å². The van der Waals surface area contributed by atoms with Gasteiger partial charge in [-0.15, -0.1) is 0 Å². The number of Topliss-reactive ketones (excluding diaryl/α,β-unsaturated/α-hetero) is 1. The van der Waals surface area contributed by atoms with Crippen molar-refractivity contribution in [3.8, 4) is 0 Å². The predicted molar refractivity (Wildman–Crippen MR) is 148 cm³/mol. The lowest BCUT2D eigenvalue weighted by Gasteiger charge is -2.28. The Bertz CT molecular complexity index is 1380. The first kappa shape index (κ1) is 26.5. The van der Waals surface area contributed by atoms with Crippen LogP contribution in [0.15, 0.2) is 72.1 Å². The number of aliphatic imine (C=N–C) groups is 1. The third-order valence-corrected chi connectivity index (χ3v) is 6.04. The highest BCUT2D eigenvalue weighted by atomic mass is 16.2. The van der Waals surface area contributed by atoms with Crippen LogP contribution in [0.25, 0.3) is 0 Å². The highest BCUT2D eigenvalue weighted by Gasteiger charge is 2.36. The van der Waals surface area contributed by atoms with E-state index < -0.39 is 23.5 Å². The molecular weight excluding hydrogens is 482 g/mol. The number of hydrogen-bond donors (Lipinski definition) is 2. The van der Waals surface area contributed by atoms with Gasteiger partial charge in [0.25, 0.3) is 5.91 Å². The van der Waals surface area contributed by atoms with E-state index in [0.29, 0.717) is 28.3 Å². The fourth-order valence-electron chi connectivity index (χ4n) is 3.85. The molecule has 10 heteroatoms. The lowest BCUT2D eigenvalue weighted by molar-refractivity contribution is -0.127. The molecule has 4 rings (SSSR count). The maximum absolute atomic E-state index is 13.9. The standard InChI is InChI=1S/C28H31N7O3/c1-28(2,3)23(36)17-35-22-12-7-6-11-20(22)24(21-16-29-13-14-30-21)32-25(26(35)37)33-27(38)31-18-9-8-10-19(15-18)34(4)5/h6-16,25H,17H2,1-5H3,(H2,31,33,38)/t25-/m0/s1. The number of benzene rings is 2. The highest BCUT2D eigenvalue weighted by molar-refractivity contribution is 6.20. The molecule has 0 aliphatic carbocycles. The van der Waals surface area contributed by atoms with Crippen LogP contribution in [-0.4, -0.2) is 60.2 Å². The molecule has 0 radical (unpaired) electrons. The molecule has 0 saturated heterocycles. The molecule has 1 aliphatic rings. The fraction of sp³-hybridized carbons (Fsp3) is 0.286. The molecule has 0 saturated carbocycles. The van der Waals surface area contributed by atoms with Gasteiger partial charge in [-0.1, -0.05) is 45.0 Å². The minimum absolute atomic E-state index is 0.132. The first-order chi connectivity index (χ1) is 18.0. The number of amides is 3. The van der Waals surface area contributed by atoms with E-state index >= 15 is 0 Å². The number of carbonyl (C=O) groups is 3. The Kier molecular flexibility index (Phi) is 7.52. The molecule has 3 amide bonds.